The summed E-state index contributed by atoms with van der Waals surface area (Å²) in [6, 6.07) is 0. The zero-order chi connectivity index (χ0) is 11.6. The number of rotatable bonds is 2. The second kappa shape index (κ2) is 4.74. The lowest BCUT2D eigenvalue weighted by molar-refractivity contribution is -0.161. The molecule has 16 heavy (non-hydrogen) atoms. The van der Waals surface area contributed by atoms with Gasteiger partial charge >= 0.3 is 5.97 Å². The molecule has 2 unspecified atom stereocenters. The van der Waals surface area contributed by atoms with Crippen LogP contribution in [-0.4, -0.2) is 22.3 Å². The Bertz CT molecular complexity index is 256. The minimum absolute atomic E-state index is 0.000880. The van der Waals surface area contributed by atoms with Gasteiger partial charge in [-0.15, -0.1) is 0 Å². The Morgan fingerprint density at radius 3 is 2.19 bits per heavy atom. The van der Waals surface area contributed by atoms with Gasteiger partial charge in [-0.1, -0.05) is 32.1 Å². The molecule has 2 N–H and O–H groups in total. The molecule has 0 radical (unpaired) electrons. The molecule has 3 heteroatoms. The average molecular weight is 226 g/mol. The molecule has 0 spiro atoms. The Balaban J connectivity index is 2.19. The quantitative estimate of drug-likeness (QED) is 0.760. The van der Waals surface area contributed by atoms with Gasteiger partial charge in [0.05, 0.1) is 11.5 Å². The molecule has 2 aliphatic rings. The fraction of sp³-hybridized carbons (Fsp3) is 0.923. The van der Waals surface area contributed by atoms with Gasteiger partial charge in [0.25, 0.3) is 0 Å². The zero-order valence-corrected chi connectivity index (χ0v) is 9.82. The lowest BCUT2D eigenvalue weighted by atomic mass is 9.61. The van der Waals surface area contributed by atoms with E-state index in [9.17, 15) is 15.0 Å². The van der Waals surface area contributed by atoms with Crippen LogP contribution in [0.2, 0.25) is 0 Å². The van der Waals surface area contributed by atoms with E-state index in [1.54, 1.807) is 0 Å². The lowest BCUT2D eigenvalue weighted by Crippen LogP contribution is -2.46. The van der Waals surface area contributed by atoms with E-state index in [0.29, 0.717) is 0 Å². The van der Waals surface area contributed by atoms with E-state index < -0.39 is 11.4 Å². The van der Waals surface area contributed by atoms with Crippen LogP contribution >= 0.6 is 0 Å². The molecule has 3 nitrogen and oxygen atoms in total. The molecule has 92 valence electrons. The Labute approximate surface area is 96.9 Å². The van der Waals surface area contributed by atoms with Crippen molar-refractivity contribution in [2.75, 3.05) is 0 Å². The Hall–Kier alpha value is -0.570. The van der Waals surface area contributed by atoms with Crippen molar-refractivity contribution < 1.29 is 15.0 Å². The van der Waals surface area contributed by atoms with Crippen LogP contribution in [0.15, 0.2) is 0 Å². The van der Waals surface area contributed by atoms with E-state index in [1.165, 1.54) is 0 Å². The maximum absolute atomic E-state index is 11.6. The third kappa shape index (κ3) is 1.97. The second-order valence-corrected chi connectivity index (χ2v) is 5.48. The van der Waals surface area contributed by atoms with Crippen LogP contribution in [0.25, 0.3) is 0 Å². The Morgan fingerprint density at radius 2 is 1.62 bits per heavy atom. The van der Waals surface area contributed by atoms with E-state index >= 15 is 0 Å². The van der Waals surface area contributed by atoms with Crippen molar-refractivity contribution in [1.29, 1.82) is 0 Å². The number of carboxylic acid groups (broad SMARTS) is 1. The van der Waals surface area contributed by atoms with Gasteiger partial charge in [-0.25, -0.2) is 0 Å². The highest BCUT2D eigenvalue weighted by Crippen LogP contribution is 2.48. The van der Waals surface area contributed by atoms with Crippen molar-refractivity contribution in [3.63, 3.8) is 0 Å². The van der Waals surface area contributed by atoms with Crippen molar-refractivity contribution >= 4 is 5.97 Å². The van der Waals surface area contributed by atoms with E-state index in [4.69, 9.17) is 0 Å². The predicted octanol–water partition coefficient (Wildman–Crippen LogP) is 2.57. The third-order valence-electron chi connectivity index (χ3n) is 4.61. The second-order valence-electron chi connectivity index (χ2n) is 5.48. The van der Waals surface area contributed by atoms with Crippen LogP contribution in [0.5, 0.6) is 0 Å². The number of aliphatic hydroxyl groups is 1. The molecule has 0 aromatic heterocycles. The summed E-state index contributed by atoms with van der Waals surface area (Å²) >= 11 is 0. The highest BCUT2D eigenvalue weighted by atomic mass is 16.4. The smallest absolute Gasteiger partial charge is 0.310 e. The largest absolute Gasteiger partial charge is 0.481 e. The normalized spacial score (nSPS) is 34.6. The molecule has 2 fully saturated rings. The molecule has 2 rings (SSSR count). The molecule has 0 aromatic rings. The van der Waals surface area contributed by atoms with Crippen LogP contribution in [-0.2, 0) is 4.79 Å². The molecular weight excluding hydrogens is 204 g/mol. The topological polar surface area (TPSA) is 57.5 Å². The number of aliphatic hydroxyl groups excluding tert-OH is 1. The third-order valence-corrected chi connectivity index (χ3v) is 4.61. The van der Waals surface area contributed by atoms with Gasteiger partial charge in [0.2, 0.25) is 0 Å². The van der Waals surface area contributed by atoms with Gasteiger partial charge in [-0.05, 0) is 25.7 Å². The van der Waals surface area contributed by atoms with Crippen molar-refractivity contribution in [3.8, 4) is 0 Å². The summed E-state index contributed by atoms with van der Waals surface area (Å²) < 4.78 is 0. The Kier molecular flexibility index (Phi) is 3.53. The minimum atomic E-state index is -0.668. The monoisotopic (exact) mass is 226 g/mol. The first-order chi connectivity index (χ1) is 7.67. The maximum Gasteiger partial charge on any atom is 0.310 e. The Morgan fingerprint density at radius 1 is 1.00 bits per heavy atom. The predicted molar refractivity (Wildman–Crippen MR) is 61.1 cm³/mol. The highest BCUT2D eigenvalue weighted by Gasteiger charge is 2.49. The summed E-state index contributed by atoms with van der Waals surface area (Å²) in [7, 11) is 0. The van der Waals surface area contributed by atoms with Crippen LogP contribution in [0, 0.1) is 11.3 Å². The SMILES string of the molecule is O=C(O)C1(C2CCCCC2O)CCCCC1. The van der Waals surface area contributed by atoms with Crippen LogP contribution < -0.4 is 0 Å². The summed E-state index contributed by atoms with van der Waals surface area (Å²) in [5.74, 6) is -0.669. The van der Waals surface area contributed by atoms with E-state index in [0.717, 1.165) is 57.8 Å². The van der Waals surface area contributed by atoms with Crippen LogP contribution in [0.3, 0.4) is 0 Å². The van der Waals surface area contributed by atoms with E-state index in [2.05, 4.69) is 0 Å². The molecule has 0 aliphatic heterocycles. The molecule has 0 heterocycles. The molecule has 2 aliphatic carbocycles. The summed E-state index contributed by atoms with van der Waals surface area (Å²) in [5.41, 5.74) is -0.613. The summed E-state index contributed by atoms with van der Waals surface area (Å²) in [4.78, 5) is 11.6. The van der Waals surface area contributed by atoms with Gasteiger partial charge in [-0.3, -0.25) is 4.79 Å². The molecule has 0 bridgehead atoms. The first-order valence-electron chi connectivity index (χ1n) is 6.58. The van der Waals surface area contributed by atoms with Crippen LogP contribution in [0.4, 0.5) is 0 Å². The van der Waals surface area contributed by atoms with Gasteiger partial charge in [-0.2, -0.15) is 0 Å². The number of carbonyl (C=O) groups is 1. The molecule has 0 amide bonds. The van der Waals surface area contributed by atoms with Gasteiger partial charge in [0.1, 0.15) is 0 Å². The highest BCUT2D eigenvalue weighted by molar-refractivity contribution is 5.75. The van der Waals surface area contributed by atoms with Crippen molar-refractivity contribution in [2.45, 2.75) is 63.9 Å². The van der Waals surface area contributed by atoms with Crippen molar-refractivity contribution in [3.05, 3.63) is 0 Å². The van der Waals surface area contributed by atoms with Gasteiger partial charge in [0, 0.05) is 5.92 Å². The summed E-state index contributed by atoms with van der Waals surface area (Å²) in [6.07, 6.45) is 8.14. The number of carboxylic acids is 1. The average Bonchev–Trinajstić information content (AvgIpc) is 2.30. The molecule has 2 saturated carbocycles. The molecule has 0 aromatic carbocycles. The molecular formula is C13H22O3. The molecule has 0 saturated heterocycles. The number of aliphatic carboxylic acids is 1. The maximum atomic E-state index is 11.6. The van der Waals surface area contributed by atoms with Gasteiger partial charge in [0.15, 0.2) is 0 Å². The zero-order valence-electron chi connectivity index (χ0n) is 9.82. The van der Waals surface area contributed by atoms with Crippen molar-refractivity contribution in [1.82, 2.24) is 0 Å². The first-order valence-corrected chi connectivity index (χ1v) is 6.58. The standard InChI is InChI=1S/C13H22O3/c14-11-7-3-2-6-10(11)13(12(15)16)8-4-1-5-9-13/h10-11,14H,1-9H2,(H,15,16). The van der Waals surface area contributed by atoms with Crippen LogP contribution in [0.1, 0.15) is 57.8 Å². The fourth-order valence-electron chi connectivity index (χ4n) is 3.68. The van der Waals surface area contributed by atoms with E-state index in [1.807, 2.05) is 0 Å². The minimum Gasteiger partial charge on any atom is -0.481 e. The number of hydrogen-bond acceptors (Lipinski definition) is 2. The summed E-state index contributed by atoms with van der Waals surface area (Å²) in [5, 5.41) is 19.6. The summed E-state index contributed by atoms with van der Waals surface area (Å²) in [6.45, 7) is 0. The number of hydrogen-bond donors (Lipinski definition) is 2. The van der Waals surface area contributed by atoms with Gasteiger partial charge < -0.3 is 10.2 Å². The fourth-order valence-corrected chi connectivity index (χ4v) is 3.68. The lowest BCUT2D eigenvalue weighted by Gasteiger charge is -2.44. The van der Waals surface area contributed by atoms with Crippen molar-refractivity contribution in [2.24, 2.45) is 11.3 Å². The first kappa shape index (κ1) is 11.9. The van der Waals surface area contributed by atoms with E-state index in [-0.39, 0.29) is 12.0 Å². The molecule has 2 atom stereocenters.